The van der Waals surface area contributed by atoms with Crippen molar-refractivity contribution in [3.05, 3.63) is 356 Å². The molecule has 0 fully saturated rings. The van der Waals surface area contributed by atoms with Gasteiger partial charge in [-0.25, -0.2) is 58.1 Å². The normalized spacial score (nSPS) is 10.9. The Hall–Kier alpha value is -16.1. The van der Waals surface area contributed by atoms with Gasteiger partial charge in [-0.15, -0.1) is 0 Å². The largest absolute Gasteiger partial charge is 0.478 e. The summed E-state index contributed by atoms with van der Waals surface area (Å²) in [7, 11) is 0. The predicted molar refractivity (Wildman–Crippen MR) is 411 cm³/mol. The highest BCUT2D eigenvalue weighted by Gasteiger charge is 2.31. The second-order valence-electron chi connectivity index (χ2n) is 24.5. The molecule has 0 radical (unpaired) electrons. The molecule has 18 rings (SSSR count). The number of halogens is 4. The molecule has 0 bridgehead atoms. The fraction of sp³-hybridized carbons (Fsp3) is 0.0119. The first-order chi connectivity index (χ1) is 54.5. The molecule has 18 aromatic rings. The number of hydrogen-bond acceptors (Lipinski definition) is 13. The Morgan fingerprint density at radius 3 is 0.956 bits per heavy atom. The summed E-state index contributed by atoms with van der Waals surface area (Å²) in [4.78, 5) is 93.5. The molecule has 0 aliphatic carbocycles. The number of hydrogen-bond donors (Lipinski definition) is 6. The third kappa shape index (κ3) is 17.2. The number of aromatic nitrogens is 13. The molecular weight excluding hydrogens is 1460 g/mol. The van der Waals surface area contributed by atoms with Crippen molar-refractivity contribution in [2.24, 2.45) is 0 Å². The number of nitrogens with zero attached hydrogens (tertiary/aromatic N) is 13. The van der Waals surface area contributed by atoms with E-state index in [9.17, 15) is 46.3 Å². The van der Waals surface area contributed by atoms with E-state index in [1.54, 1.807) is 162 Å². The van der Waals surface area contributed by atoms with E-state index in [1.807, 2.05) is 122 Å². The van der Waals surface area contributed by atoms with Crippen LogP contribution in [0.25, 0.3) is 99.9 Å². The number of pyridine rings is 5. The van der Waals surface area contributed by atoms with Crippen LogP contribution in [0.4, 0.5) is 17.6 Å². The van der Waals surface area contributed by atoms with E-state index in [4.69, 9.17) is 30.6 Å². The highest BCUT2D eigenvalue weighted by Crippen LogP contribution is 2.31. The summed E-state index contributed by atoms with van der Waals surface area (Å²) in [5.41, 5.74) is 8.83. The van der Waals surface area contributed by atoms with Gasteiger partial charge in [0.2, 0.25) is 0 Å². The van der Waals surface area contributed by atoms with Gasteiger partial charge < -0.3 is 58.0 Å². The molecule has 6 N–H and O–H groups in total. The Balaban J connectivity index is 0.000000119. The van der Waals surface area contributed by atoms with E-state index < -0.39 is 53.4 Å². The van der Waals surface area contributed by atoms with Crippen LogP contribution in [0, 0.1) is 5.82 Å². The summed E-state index contributed by atoms with van der Waals surface area (Å²) in [5, 5.41) is 58.7. The van der Waals surface area contributed by atoms with Crippen molar-refractivity contribution in [2.45, 2.75) is 6.18 Å². The highest BCUT2D eigenvalue weighted by atomic mass is 19.4. The van der Waals surface area contributed by atoms with Gasteiger partial charge in [0.15, 0.2) is 0 Å². The number of carboxylic acids is 6. The average Bonchev–Trinajstić information content (AvgIpc) is 1.72. The summed E-state index contributed by atoms with van der Waals surface area (Å²) in [6, 6.07) is 59.1. The van der Waals surface area contributed by atoms with E-state index in [0.29, 0.717) is 39.2 Å². The van der Waals surface area contributed by atoms with Crippen LogP contribution < -0.4 is 0 Å². The van der Waals surface area contributed by atoms with E-state index in [-0.39, 0.29) is 16.7 Å². The van der Waals surface area contributed by atoms with Gasteiger partial charge in [0.05, 0.1) is 108 Å². The van der Waals surface area contributed by atoms with Crippen LogP contribution in [0.3, 0.4) is 0 Å². The molecule has 0 saturated carbocycles. The van der Waals surface area contributed by atoms with Crippen molar-refractivity contribution in [1.82, 2.24) is 62.3 Å². The van der Waals surface area contributed by atoms with Crippen LogP contribution in [0.5, 0.6) is 0 Å². The number of carbonyl (C=O) groups is 6. The number of alkyl halides is 3. The summed E-state index contributed by atoms with van der Waals surface area (Å²) in [6.45, 7) is 0. The molecule has 29 heteroatoms. The molecule has 0 amide bonds. The Morgan fingerprint density at radius 1 is 0.283 bits per heavy atom. The zero-order valence-electron chi connectivity index (χ0n) is 58.4. The third-order valence-electron chi connectivity index (χ3n) is 17.5. The zero-order valence-corrected chi connectivity index (χ0v) is 58.4. The summed E-state index contributed by atoms with van der Waals surface area (Å²) in [5.74, 6) is -4.33. The zero-order chi connectivity index (χ0) is 79.5. The van der Waals surface area contributed by atoms with Crippen molar-refractivity contribution in [2.75, 3.05) is 0 Å². The molecule has 0 unspecified atom stereocenters. The maximum Gasteiger partial charge on any atom is 0.417 e. The fourth-order valence-electron chi connectivity index (χ4n) is 12.0. The lowest BCUT2D eigenvalue weighted by Crippen LogP contribution is -2.06. The number of benzene rings is 6. The maximum atomic E-state index is 12.8. The molecule has 0 saturated heterocycles. The Bertz CT molecular complexity index is 6020. The first-order valence-corrected chi connectivity index (χ1v) is 33.7. The second kappa shape index (κ2) is 33.0. The molecule has 0 atom stereocenters. The van der Waals surface area contributed by atoms with Gasteiger partial charge in [0.25, 0.3) is 0 Å². The summed E-state index contributed by atoms with van der Waals surface area (Å²) in [6.07, 6.45) is 22.0. The van der Waals surface area contributed by atoms with E-state index in [0.717, 1.165) is 95.9 Å². The monoisotopic (exact) mass is 1520 g/mol. The second-order valence-corrected chi connectivity index (χ2v) is 24.5. The molecule has 558 valence electrons. The van der Waals surface area contributed by atoms with Crippen molar-refractivity contribution in [3.8, 4) is 34.5 Å². The van der Waals surface area contributed by atoms with Crippen molar-refractivity contribution in [3.63, 3.8) is 0 Å². The van der Waals surface area contributed by atoms with E-state index in [2.05, 4.69) is 34.9 Å². The summed E-state index contributed by atoms with van der Waals surface area (Å²) >= 11 is 0. The topological polar surface area (TPSA) is 344 Å². The van der Waals surface area contributed by atoms with E-state index in [1.165, 1.54) is 36.7 Å². The molecule has 113 heavy (non-hydrogen) atoms. The summed E-state index contributed by atoms with van der Waals surface area (Å²) < 4.78 is 61.7. The molecule has 0 aliphatic rings. The molecular formula is C84H57F4N13O12. The Morgan fingerprint density at radius 2 is 0.628 bits per heavy atom. The fourth-order valence-corrected chi connectivity index (χ4v) is 12.0. The standard InChI is InChI=1S/C15H9F3N2O2.C14H9FN2O2.3C14H10N2O2.C13H9N3O2/c16-15(17,18)11-2-4-13(19-8-11)20-6-5-9-7-10(14(21)22)1-3-12(9)20;15-11-2-4-13(16-8-11)17-6-5-9-7-10(14(18)19)1-3-12(9)17;17-14(18)11-1-2-13-10(9-11)5-8-16(13)12-3-6-15-7-4-12;17-14(18)11-3-4-13-10(8-11)5-7-16(13)12-2-1-6-15-9-12;17-14(18)11-4-5-12-10(9-11)6-8-16(12)13-3-1-2-7-15-13;17-13(18)10-1-2-12-9(5-10)3-4-16(12)11-6-14-8-15-7-11/h1-8H,(H,21,22);1-8H,(H,18,19);3*1-9H,(H,17,18);1-8H,(H,17,18). The number of carboxylic acid groups (broad SMARTS) is 6. The molecule has 0 aliphatic heterocycles. The third-order valence-corrected chi connectivity index (χ3v) is 17.5. The van der Waals surface area contributed by atoms with Crippen molar-refractivity contribution in [1.29, 1.82) is 0 Å². The van der Waals surface area contributed by atoms with Gasteiger partial charge in [-0.1, -0.05) is 6.07 Å². The molecule has 0 spiro atoms. The van der Waals surface area contributed by atoms with Crippen molar-refractivity contribution >= 4 is 101 Å². The lowest BCUT2D eigenvalue weighted by Gasteiger charge is -2.08. The van der Waals surface area contributed by atoms with Gasteiger partial charge in [0, 0.05) is 106 Å². The smallest absolute Gasteiger partial charge is 0.417 e. The van der Waals surface area contributed by atoms with Crippen LogP contribution >= 0.6 is 0 Å². The van der Waals surface area contributed by atoms with E-state index >= 15 is 0 Å². The van der Waals surface area contributed by atoms with Gasteiger partial charge in [-0.2, -0.15) is 13.2 Å². The quantitative estimate of drug-likeness (QED) is 0.0619. The van der Waals surface area contributed by atoms with Gasteiger partial charge in [-0.3, -0.25) is 9.97 Å². The number of rotatable bonds is 12. The lowest BCUT2D eigenvalue weighted by molar-refractivity contribution is -0.137. The molecule has 6 aromatic carbocycles. The first kappa shape index (κ1) is 75.2. The van der Waals surface area contributed by atoms with Crippen LogP contribution in [0.1, 0.15) is 67.7 Å². The maximum absolute atomic E-state index is 12.8. The first-order valence-electron chi connectivity index (χ1n) is 33.7. The number of aromatic carboxylic acids is 6. The average molecular weight is 1520 g/mol. The predicted octanol–water partition coefficient (Wildman–Crippen LogP) is 16.9. The lowest BCUT2D eigenvalue weighted by atomic mass is 10.1. The van der Waals surface area contributed by atoms with Crippen molar-refractivity contribution < 1.29 is 77.0 Å². The van der Waals surface area contributed by atoms with Crippen LogP contribution in [-0.4, -0.2) is 129 Å². The SMILES string of the molecule is O=C(O)c1ccc2c(ccn2-c2ccc(C(F)(F)F)cn2)c1.O=C(O)c1ccc2c(ccn2-c2ccc(F)cn2)c1.O=C(O)c1ccc2c(ccn2-c2ccccn2)c1.O=C(O)c1ccc2c(ccn2-c2cccnc2)c1.O=C(O)c1ccc2c(ccn2-c2ccncc2)c1.O=C(O)c1ccc2c(ccn2-c2cncnc2)c1. The van der Waals surface area contributed by atoms with Crippen LogP contribution in [0.15, 0.2) is 312 Å². The van der Waals surface area contributed by atoms with Gasteiger partial charge in [0.1, 0.15) is 29.6 Å². The number of fused-ring (bicyclic) bond motifs is 6. The van der Waals surface area contributed by atoms with Crippen LogP contribution in [0.2, 0.25) is 0 Å². The highest BCUT2D eigenvalue weighted by molar-refractivity contribution is 5.98. The Labute approximate surface area is 634 Å². The Kier molecular flexibility index (Phi) is 21.9. The minimum absolute atomic E-state index is 0.144. The van der Waals surface area contributed by atoms with Crippen LogP contribution in [-0.2, 0) is 6.18 Å². The molecule has 12 heterocycles. The van der Waals surface area contributed by atoms with Gasteiger partial charge >= 0.3 is 42.0 Å². The van der Waals surface area contributed by atoms with Gasteiger partial charge in [-0.05, 0) is 206 Å². The molecule has 12 aromatic heterocycles. The molecule has 25 nitrogen and oxygen atoms in total. The minimum atomic E-state index is -4.43. The minimum Gasteiger partial charge on any atom is -0.478 e.